The molecule has 0 saturated heterocycles. The fourth-order valence-electron chi connectivity index (χ4n) is 5.87. The van der Waals surface area contributed by atoms with Gasteiger partial charge in [-0.1, -0.05) is 0 Å². The molecular weight excluding hydrogens is 570 g/mol. The number of hydrogen-bond donors (Lipinski definition) is 0. The third-order valence-corrected chi connectivity index (χ3v) is 20.0. The van der Waals surface area contributed by atoms with Crippen LogP contribution in [-0.4, -0.2) is 19.5 Å². The minimum absolute atomic E-state index is 0.199. The van der Waals surface area contributed by atoms with E-state index in [4.69, 9.17) is 4.08 Å². The van der Waals surface area contributed by atoms with Gasteiger partial charge < -0.3 is 0 Å². The Kier molecular flexibility index (Phi) is 7.88. The third-order valence-electron chi connectivity index (χ3n) is 7.32. The standard InChI is InChI=1S/C30H30ClO4PSe/c32-31(33,34)35-36(26-17-5-1-6-18-26,27-19-7-2-8-20-27,28-21-9-3-10-22-28)30(25-15-13-14-16-25)37-29-23-11-4-12-24-29/h1-12,17-25,30H,13-16H2. The van der Waals surface area contributed by atoms with Crippen molar-refractivity contribution >= 4 is 42.2 Å². The van der Waals surface area contributed by atoms with Crippen molar-refractivity contribution in [2.24, 2.45) is 5.92 Å². The molecule has 0 amide bonds. The third kappa shape index (κ3) is 4.92. The van der Waals surface area contributed by atoms with E-state index in [0.717, 1.165) is 46.1 Å². The van der Waals surface area contributed by atoms with Crippen LogP contribution in [0.4, 0.5) is 0 Å². The second-order valence-corrected chi connectivity index (χ2v) is 18.4. The zero-order valence-corrected chi connectivity index (χ0v) is 23.8. The van der Waals surface area contributed by atoms with Crippen LogP contribution in [0.15, 0.2) is 121 Å². The summed E-state index contributed by atoms with van der Waals surface area (Å²) in [5.41, 5.74) is 0. The van der Waals surface area contributed by atoms with Gasteiger partial charge in [0.2, 0.25) is 0 Å². The summed E-state index contributed by atoms with van der Waals surface area (Å²) in [5.74, 6) is 0.204. The van der Waals surface area contributed by atoms with E-state index in [2.05, 4.69) is 12.1 Å². The van der Waals surface area contributed by atoms with Crippen LogP contribution in [0.2, 0.25) is 0 Å². The Balaban J connectivity index is 1.97. The molecule has 4 aromatic carbocycles. The molecule has 192 valence electrons. The van der Waals surface area contributed by atoms with Crippen molar-refractivity contribution in [1.29, 1.82) is 0 Å². The zero-order chi connectivity index (χ0) is 25.8. The molecule has 0 N–H and O–H groups in total. The number of halogens is 1. The topological polar surface area (TPSA) is 78.4 Å². The molecule has 1 fully saturated rings. The number of rotatable bonds is 9. The van der Waals surface area contributed by atoms with E-state index < -0.39 is 17.1 Å². The first-order valence-electron chi connectivity index (χ1n) is 12.5. The maximum atomic E-state index is 13.0. The Hall–Kier alpha value is -2.04. The summed E-state index contributed by atoms with van der Waals surface area (Å²) in [7, 11) is -4.79. The van der Waals surface area contributed by atoms with Gasteiger partial charge in [-0.3, -0.25) is 0 Å². The van der Waals surface area contributed by atoms with E-state index >= 15 is 0 Å². The van der Waals surface area contributed by atoms with E-state index in [-0.39, 0.29) is 25.4 Å². The van der Waals surface area contributed by atoms with Gasteiger partial charge in [0.1, 0.15) is 0 Å². The van der Waals surface area contributed by atoms with Gasteiger partial charge in [0, 0.05) is 0 Å². The average molecular weight is 600 g/mol. The van der Waals surface area contributed by atoms with Crippen LogP contribution < -0.4 is 34.4 Å². The Morgan fingerprint density at radius 1 is 0.622 bits per heavy atom. The van der Waals surface area contributed by atoms with Gasteiger partial charge in [-0.15, -0.1) is 0 Å². The molecule has 4 nitrogen and oxygen atoms in total. The molecule has 1 aliphatic rings. The molecule has 4 aromatic rings. The van der Waals surface area contributed by atoms with Crippen molar-refractivity contribution in [1.82, 2.24) is 0 Å². The summed E-state index contributed by atoms with van der Waals surface area (Å²) < 4.78 is 46.2. The Labute approximate surface area is 227 Å². The molecule has 0 heterocycles. The van der Waals surface area contributed by atoms with Crippen LogP contribution in [0.3, 0.4) is 0 Å². The van der Waals surface area contributed by atoms with Gasteiger partial charge in [0.05, 0.1) is 0 Å². The molecule has 1 unspecified atom stereocenters. The van der Waals surface area contributed by atoms with Crippen molar-refractivity contribution in [2.45, 2.75) is 30.2 Å². The van der Waals surface area contributed by atoms with Crippen LogP contribution in [0, 0.1) is 16.2 Å². The molecule has 0 spiro atoms. The zero-order valence-electron chi connectivity index (χ0n) is 20.4. The molecule has 1 saturated carbocycles. The van der Waals surface area contributed by atoms with Crippen LogP contribution in [0.5, 0.6) is 0 Å². The molecule has 1 atom stereocenters. The molecular formula is C30H30ClO4PSe. The number of benzene rings is 4. The predicted molar refractivity (Wildman–Crippen MR) is 144 cm³/mol. The van der Waals surface area contributed by atoms with Crippen molar-refractivity contribution in [3.8, 4) is 0 Å². The van der Waals surface area contributed by atoms with Crippen molar-refractivity contribution in [3.05, 3.63) is 121 Å². The Morgan fingerprint density at radius 3 is 1.38 bits per heavy atom. The van der Waals surface area contributed by atoms with E-state index in [9.17, 15) is 14.0 Å². The van der Waals surface area contributed by atoms with Crippen LogP contribution in [-0.2, 0) is 4.08 Å². The van der Waals surface area contributed by atoms with Gasteiger partial charge in [-0.05, 0) is 0 Å². The van der Waals surface area contributed by atoms with Gasteiger partial charge in [-0.2, -0.15) is 0 Å². The second-order valence-electron chi connectivity index (χ2n) is 9.42. The first-order valence-corrected chi connectivity index (χ1v) is 17.8. The summed E-state index contributed by atoms with van der Waals surface area (Å²) in [4.78, 5) is 0. The minimum atomic E-state index is -4.79. The first-order chi connectivity index (χ1) is 17.9. The van der Waals surface area contributed by atoms with E-state index in [1.54, 1.807) is 0 Å². The summed E-state index contributed by atoms with van der Waals surface area (Å²) >= 11 is -0.199. The van der Waals surface area contributed by atoms with Crippen LogP contribution in [0.1, 0.15) is 25.7 Å². The van der Waals surface area contributed by atoms with Gasteiger partial charge in [-0.25, -0.2) is 0 Å². The second kappa shape index (κ2) is 11.0. The monoisotopic (exact) mass is 600 g/mol. The van der Waals surface area contributed by atoms with E-state index in [1.807, 2.05) is 109 Å². The fourth-order valence-corrected chi connectivity index (χ4v) is 21.0. The van der Waals surface area contributed by atoms with Crippen LogP contribution >= 0.6 is 6.83 Å². The van der Waals surface area contributed by atoms with Gasteiger partial charge in [0.25, 0.3) is 0 Å². The summed E-state index contributed by atoms with van der Waals surface area (Å²) in [5, 5.41) is 2.31. The number of hydrogen-bond acceptors (Lipinski definition) is 4. The first kappa shape index (κ1) is 26.6. The summed E-state index contributed by atoms with van der Waals surface area (Å²) in [6, 6.07) is 39.3. The molecule has 0 bridgehead atoms. The summed E-state index contributed by atoms with van der Waals surface area (Å²) in [6.07, 6.45) is 4.11. The normalized spacial score (nSPS) is 16.7. The molecule has 0 radical (unpaired) electrons. The maximum absolute atomic E-state index is 13.0. The molecule has 0 aromatic heterocycles. The Morgan fingerprint density at radius 2 is 1.00 bits per heavy atom. The fraction of sp³-hybridized carbons (Fsp3) is 0.200. The molecule has 0 aliphatic heterocycles. The Bertz CT molecular complexity index is 1180. The quantitative estimate of drug-likeness (QED) is 0.218. The van der Waals surface area contributed by atoms with Gasteiger partial charge >= 0.3 is 228 Å². The van der Waals surface area contributed by atoms with E-state index in [1.165, 1.54) is 0 Å². The molecule has 37 heavy (non-hydrogen) atoms. The average Bonchev–Trinajstić information content (AvgIpc) is 3.47. The van der Waals surface area contributed by atoms with Crippen molar-refractivity contribution < 1.29 is 28.3 Å². The molecule has 7 heteroatoms. The van der Waals surface area contributed by atoms with Crippen molar-refractivity contribution in [2.75, 3.05) is 0 Å². The van der Waals surface area contributed by atoms with E-state index in [0.29, 0.717) is 0 Å². The predicted octanol–water partition coefficient (Wildman–Crippen LogP) is 1.89. The van der Waals surface area contributed by atoms with Gasteiger partial charge in [0.15, 0.2) is 0 Å². The van der Waals surface area contributed by atoms with Crippen LogP contribution in [0.25, 0.3) is 0 Å². The molecule has 5 rings (SSSR count). The van der Waals surface area contributed by atoms with Crippen molar-refractivity contribution in [3.63, 3.8) is 0 Å². The SMILES string of the molecule is [O-][Cl+3]([O-])([O-])OP(c1ccccc1)(c1ccccc1)(c1ccccc1)C([Se]c1ccccc1)C1CCCC1. The molecule has 1 aliphatic carbocycles. The summed E-state index contributed by atoms with van der Waals surface area (Å²) in [6.45, 7) is -4.41.